The van der Waals surface area contributed by atoms with E-state index in [0.717, 1.165) is 22.1 Å². The molecule has 0 aromatic heterocycles. The first-order valence-corrected chi connectivity index (χ1v) is 11.6. The van der Waals surface area contributed by atoms with Crippen molar-refractivity contribution in [3.63, 3.8) is 0 Å². The fourth-order valence-electron chi connectivity index (χ4n) is 5.65. The summed E-state index contributed by atoms with van der Waals surface area (Å²) in [7, 11) is 1.35. The van der Waals surface area contributed by atoms with Crippen LogP contribution < -0.4 is 9.64 Å². The quantitative estimate of drug-likeness (QED) is 0.230. The van der Waals surface area contributed by atoms with Crippen LogP contribution in [-0.2, 0) is 9.59 Å². The van der Waals surface area contributed by atoms with Crippen LogP contribution in [0, 0.1) is 22.0 Å². The summed E-state index contributed by atoms with van der Waals surface area (Å²) >= 11 is 0. The molecule has 0 radical (unpaired) electrons. The summed E-state index contributed by atoms with van der Waals surface area (Å²) in [6.45, 7) is 0. The van der Waals surface area contributed by atoms with Crippen LogP contribution in [0.5, 0.6) is 5.75 Å². The van der Waals surface area contributed by atoms with Crippen molar-refractivity contribution in [1.82, 2.24) is 5.01 Å². The maximum absolute atomic E-state index is 14.0. The highest BCUT2D eigenvalue weighted by Gasteiger charge is 2.65. The van der Waals surface area contributed by atoms with E-state index in [1.165, 1.54) is 19.2 Å². The molecule has 2 saturated heterocycles. The molecule has 3 aromatic carbocycles. The number of amides is 2. The maximum Gasteiger partial charge on any atom is 0.271 e. The Labute approximate surface area is 210 Å². The number of non-ortho nitro benzene ring substituents is 1. The van der Waals surface area contributed by atoms with Crippen LogP contribution in [0.3, 0.4) is 0 Å². The number of ether oxygens (including phenoxy) is 1. The van der Waals surface area contributed by atoms with Crippen LogP contribution in [0.25, 0.3) is 0 Å². The van der Waals surface area contributed by atoms with Crippen LogP contribution in [-0.4, -0.2) is 46.9 Å². The predicted molar refractivity (Wildman–Crippen MR) is 132 cm³/mol. The summed E-state index contributed by atoms with van der Waals surface area (Å²) in [5.74, 6) is -3.34. The molecule has 0 N–H and O–H groups in total. The first kappa shape index (κ1) is 22.6. The fraction of sp³-hybridized carbons (Fsp3) is 0.185. The molecule has 184 valence electrons. The van der Waals surface area contributed by atoms with Gasteiger partial charge in [-0.15, -0.1) is 0 Å². The number of carbonyl (C=O) groups excluding carboxylic acids is 3. The van der Waals surface area contributed by atoms with Gasteiger partial charge in [-0.25, -0.2) is 4.90 Å². The van der Waals surface area contributed by atoms with Gasteiger partial charge in [0.2, 0.25) is 11.8 Å². The lowest BCUT2D eigenvalue weighted by Gasteiger charge is -2.33. The van der Waals surface area contributed by atoms with E-state index in [1.54, 1.807) is 41.6 Å². The Bertz CT molecular complexity index is 1500. The van der Waals surface area contributed by atoms with Crippen LogP contribution in [0.15, 0.2) is 77.9 Å². The Morgan fingerprint density at radius 3 is 2.41 bits per heavy atom. The minimum atomic E-state index is -1.04. The molecule has 4 atom stereocenters. The third-order valence-corrected chi connectivity index (χ3v) is 7.23. The molecular weight excluding hydrogens is 476 g/mol. The number of nitro benzene ring substituents is 1. The van der Waals surface area contributed by atoms with Gasteiger partial charge in [0.25, 0.3) is 5.69 Å². The van der Waals surface area contributed by atoms with E-state index in [0.29, 0.717) is 5.56 Å². The minimum absolute atomic E-state index is 0.0221. The second kappa shape index (κ2) is 8.37. The first-order chi connectivity index (χ1) is 17.9. The van der Waals surface area contributed by atoms with Crippen molar-refractivity contribution in [3.05, 3.63) is 99.6 Å². The summed E-state index contributed by atoms with van der Waals surface area (Å²) in [5, 5.41) is 17.6. The van der Waals surface area contributed by atoms with E-state index in [9.17, 15) is 24.5 Å². The molecule has 10 heteroatoms. The van der Waals surface area contributed by atoms with Gasteiger partial charge in [0.1, 0.15) is 17.5 Å². The molecule has 2 fully saturated rings. The van der Waals surface area contributed by atoms with Crippen LogP contribution in [0.4, 0.5) is 11.4 Å². The van der Waals surface area contributed by atoms with E-state index in [4.69, 9.17) is 4.74 Å². The molecule has 37 heavy (non-hydrogen) atoms. The number of ketones is 1. The van der Waals surface area contributed by atoms with Gasteiger partial charge < -0.3 is 4.74 Å². The average Bonchev–Trinajstić information content (AvgIpc) is 3.40. The van der Waals surface area contributed by atoms with Crippen LogP contribution in [0.1, 0.15) is 27.5 Å². The molecule has 3 aromatic rings. The topological polar surface area (TPSA) is 122 Å². The van der Waals surface area contributed by atoms with E-state index in [2.05, 4.69) is 5.10 Å². The van der Waals surface area contributed by atoms with Crippen LogP contribution >= 0.6 is 0 Å². The zero-order valence-electron chi connectivity index (χ0n) is 19.6. The number of nitrogens with zero attached hydrogens (tertiary/aromatic N) is 4. The largest absolute Gasteiger partial charge is 0.495 e. The number of hydrazone groups is 1. The smallest absolute Gasteiger partial charge is 0.271 e. The first-order valence-electron chi connectivity index (χ1n) is 11.6. The van der Waals surface area contributed by atoms with Crippen molar-refractivity contribution >= 4 is 35.2 Å². The lowest BCUT2D eigenvalue weighted by molar-refractivity contribution is -0.384. The highest BCUT2D eigenvalue weighted by molar-refractivity contribution is 6.25. The standard InChI is InChI=1S/C27H20N4O6/c1-37-20-12-11-17(31(35)36)13-19(20)29-26(33)21-22(27(29)34)24(25(32)15-7-3-2-4-8-15)30-23(21)18-10-6-5-9-16(18)14-28-30/h2-14,21-24H,1H3/t21-,22-,23+,24+/m1/s1. The molecule has 6 rings (SSSR count). The third-order valence-electron chi connectivity index (χ3n) is 7.23. The van der Waals surface area contributed by atoms with Gasteiger partial charge in [0.05, 0.1) is 36.1 Å². The Kier molecular flexibility index (Phi) is 5.11. The SMILES string of the molecule is COc1ccc([N+](=O)[O-])cc1N1C(=O)[C@@H]2[C@@H](C1=O)[C@@H]1c3ccccc3C=NN1[C@@H]2C(=O)c1ccccc1. The molecule has 3 aliphatic heterocycles. The highest BCUT2D eigenvalue weighted by Crippen LogP contribution is 2.54. The highest BCUT2D eigenvalue weighted by atomic mass is 16.6. The molecule has 0 unspecified atom stereocenters. The molecule has 0 saturated carbocycles. The lowest BCUT2D eigenvalue weighted by Crippen LogP contribution is -2.44. The zero-order chi connectivity index (χ0) is 25.8. The van der Waals surface area contributed by atoms with Gasteiger partial charge in [-0.3, -0.25) is 29.5 Å². The Morgan fingerprint density at radius 1 is 0.973 bits per heavy atom. The second-order valence-corrected chi connectivity index (χ2v) is 9.05. The van der Waals surface area contributed by atoms with Crippen molar-refractivity contribution in [2.24, 2.45) is 16.9 Å². The number of hydrogen-bond acceptors (Lipinski definition) is 8. The van der Waals surface area contributed by atoms with Gasteiger partial charge in [-0.05, 0) is 17.2 Å². The molecule has 0 spiro atoms. The predicted octanol–water partition coefficient (Wildman–Crippen LogP) is 3.36. The van der Waals surface area contributed by atoms with E-state index in [1.807, 2.05) is 24.3 Å². The number of carbonyl (C=O) groups is 3. The molecule has 3 aliphatic rings. The summed E-state index contributed by atoms with van der Waals surface area (Å²) in [4.78, 5) is 53.6. The minimum Gasteiger partial charge on any atom is -0.495 e. The zero-order valence-corrected chi connectivity index (χ0v) is 19.6. The Hall–Kier alpha value is -4.86. The number of imide groups is 1. The van der Waals surface area contributed by atoms with Gasteiger partial charge in [-0.2, -0.15) is 5.10 Å². The number of methoxy groups -OCH3 is 1. The van der Waals surface area contributed by atoms with Gasteiger partial charge in [0, 0.05) is 17.7 Å². The van der Waals surface area contributed by atoms with Crippen molar-refractivity contribution in [2.75, 3.05) is 12.0 Å². The molecule has 10 nitrogen and oxygen atoms in total. The number of Topliss-reactive ketones (excluding diaryl/α,β-unsaturated/α-hetero) is 1. The van der Waals surface area contributed by atoms with Crippen molar-refractivity contribution in [2.45, 2.75) is 12.1 Å². The van der Waals surface area contributed by atoms with Gasteiger partial charge in [-0.1, -0.05) is 54.6 Å². The second-order valence-electron chi connectivity index (χ2n) is 9.05. The summed E-state index contributed by atoms with van der Waals surface area (Å²) < 4.78 is 5.35. The van der Waals surface area contributed by atoms with Crippen LogP contribution in [0.2, 0.25) is 0 Å². The van der Waals surface area contributed by atoms with Crippen molar-refractivity contribution < 1.29 is 24.0 Å². The Balaban J connectivity index is 1.52. The third kappa shape index (κ3) is 3.25. The number of hydrogen-bond donors (Lipinski definition) is 0. The van der Waals surface area contributed by atoms with E-state index in [-0.39, 0.29) is 22.9 Å². The number of benzene rings is 3. The van der Waals surface area contributed by atoms with Crippen molar-refractivity contribution in [3.8, 4) is 5.75 Å². The monoisotopic (exact) mass is 496 g/mol. The lowest BCUT2D eigenvalue weighted by atomic mass is 9.83. The summed E-state index contributed by atoms with van der Waals surface area (Å²) in [6.07, 6.45) is 1.63. The molecular formula is C27H20N4O6. The van der Waals surface area contributed by atoms with Gasteiger partial charge >= 0.3 is 0 Å². The molecule has 3 heterocycles. The Morgan fingerprint density at radius 2 is 1.68 bits per heavy atom. The fourth-order valence-corrected chi connectivity index (χ4v) is 5.65. The number of rotatable bonds is 5. The number of nitro groups is 1. The maximum atomic E-state index is 14.0. The van der Waals surface area contributed by atoms with E-state index < -0.39 is 40.7 Å². The summed E-state index contributed by atoms with van der Waals surface area (Å²) in [6, 6.07) is 18.0. The molecule has 0 aliphatic carbocycles. The molecule has 0 bridgehead atoms. The summed E-state index contributed by atoms with van der Waals surface area (Å²) in [5.41, 5.74) is 1.66. The average molecular weight is 496 g/mol. The number of anilines is 1. The molecule has 2 amide bonds. The number of fused-ring (bicyclic) bond motifs is 5. The van der Waals surface area contributed by atoms with Gasteiger partial charge in [0.15, 0.2) is 5.78 Å². The normalized spacial score (nSPS) is 23.5. The van der Waals surface area contributed by atoms with E-state index >= 15 is 0 Å². The van der Waals surface area contributed by atoms with Crippen molar-refractivity contribution in [1.29, 1.82) is 0 Å².